The quantitative estimate of drug-likeness (QED) is 0.788. The third-order valence-electron chi connectivity index (χ3n) is 3.55. The van der Waals surface area contributed by atoms with Gasteiger partial charge in [-0.1, -0.05) is 18.2 Å². The summed E-state index contributed by atoms with van der Waals surface area (Å²) in [5, 5.41) is 4.19. The molecular formula is C17H22FN3O2. The van der Waals surface area contributed by atoms with Crippen molar-refractivity contribution in [2.45, 2.75) is 26.4 Å². The average molecular weight is 319 g/mol. The van der Waals surface area contributed by atoms with Gasteiger partial charge in [-0.2, -0.15) is 5.10 Å². The zero-order valence-electron chi connectivity index (χ0n) is 13.7. The third kappa shape index (κ3) is 4.39. The third-order valence-corrected chi connectivity index (χ3v) is 3.55. The maximum Gasteiger partial charge on any atom is 0.257 e. The van der Waals surface area contributed by atoms with Crippen LogP contribution in [0.1, 0.15) is 35.8 Å². The van der Waals surface area contributed by atoms with Gasteiger partial charge in [0.25, 0.3) is 5.91 Å². The summed E-state index contributed by atoms with van der Waals surface area (Å²) in [6.45, 7) is 4.95. The van der Waals surface area contributed by atoms with Gasteiger partial charge in [0.2, 0.25) is 0 Å². The lowest BCUT2D eigenvalue weighted by molar-refractivity contribution is 0.0678. The lowest BCUT2D eigenvalue weighted by Gasteiger charge is -2.22. The van der Waals surface area contributed by atoms with Crippen LogP contribution in [0.5, 0.6) is 0 Å². The molecule has 1 aromatic heterocycles. The minimum Gasteiger partial charge on any atom is -0.383 e. The summed E-state index contributed by atoms with van der Waals surface area (Å²) in [6.07, 6.45) is 3.26. The number of amides is 1. The molecule has 0 aliphatic rings. The lowest BCUT2D eigenvalue weighted by atomic mass is 10.2. The van der Waals surface area contributed by atoms with Crippen LogP contribution in [0, 0.1) is 5.82 Å². The fourth-order valence-electron chi connectivity index (χ4n) is 2.20. The van der Waals surface area contributed by atoms with Crippen molar-refractivity contribution >= 4 is 5.91 Å². The molecule has 2 aromatic rings. The molecule has 1 aromatic carbocycles. The minimum absolute atomic E-state index is 0.176. The van der Waals surface area contributed by atoms with Gasteiger partial charge in [0.1, 0.15) is 5.82 Å². The predicted octanol–water partition coefficient (Wildman–Crippen LogP) is 2.89. The van der Waals surface area contributed by atoms with Gasteiger partial charge in [-0.3, -0.25) is 9.48 Å². The summed E-state index contributed by atoms with van der Waals surface area (Å²) < 4.78 is 20.7. The largest absolute Gasteiger partial charge is 0.383 e. The van der Waals surface area contributed by atoms with E-state index in [1.54, 1.807) is 47.3 Å². The van der Waals surface area contributed by atoms with Gasteiger partial charge in [0.15, 0.2) is 0 Å². The molecule has 2 rings (SSSR count). The second kappa shape index (κ2) is 7.87. The zero-order valence-corrected chi connectivity index (χ0v) is 13.7. The van der Waals surface area contributed by atoms with E-state index in [-0.39, 0.29) is 24.3 Å². The van der Waals surface area contributed by atoms with E-state index in [0.29, 0.717) is 24.3 Å². The second-order valence-corrected chi connectivity index (χ2v) is 5.61. The first-order valence-corrected chi connectivity index (χ1v) is 7.58. The Hall–Kier alpha value is -2.21. The molecule has 0 aliphatic carbocycles. The lowest BCUT2D eigenvalue weighted by Crippen LogP contribution is -2.33. The van der Waals surface area contributed by atoms with Gasteiger partial charge in [-0.05, 0) is 19.9 Å². The zero-order chi connectivity index (χ0) is 16.8. The predicted molar refractivity (Wildman–Crippen MR) is 85.6 cm³/mol. The monoisotopic (exact) mass is 319 g/mol. The summed E-state index contributed by atoms with van der Waals surface area (Å²) in [4.78, 5) is 14.3. The number of carbonyl (C=O) groups is 1. The molecule has 0 N–H and O–H groups in total. The Kier molecular flexibility index (Phi) is 5.87. The van der Waals surface area contributed by atoms with Crippen LogP contribution in [0.4, 0.5) is 4.39 Å². The molecule has 1 amide bonds. The molecule has 0 saturated carbocycles. The van der Waals surface area contributed by atoms with Crippen molar-refractivity contribution in [1.29, 1.82) is 0 Å². The number of halogens is 1. The summed E-state index contributed by atoms with van der Waals surface area (Å²) in [6, 6.07) is 6.64. The van der Waals surface area contributed by atoms with Crippen LogP contribution in [0.2, 0.25) is 0 Å². The highest BCUT2D eigenvalue weighted by Gasteiger charge is 2.19. The Balaban J connectivity index is 2.19. The number of methoxy groups -OCH3 is 1. The Bertz CT molecular complexity index is 655. The number of carbonyl (C=O) groups excluding carboxylic acids is 1. The number of aromatic nitrogens is 2. The molecule has 0 aliphatic heterocycles. The first-order chi connectivity index (χ1) is 11.0. The number of hydrogen-bond donors (Lipinski definition) is 0. The summed E-state index contributed by atoms with van der Waals surface area (Å²) in [7, 11) is 1.57. The van der Waals surface area contributed by atoms with Crippen molar-refractivity contribution < 1.29 is 13.9 Å². The molecule has 0 spiro atoms. The maximum atomic E-state index is 13.9. The smallest absolute Gasteiger partial charge is 0.257 e. The van der Waals surface area contributed by atoms with Crippen LogP contribution in [0.25, 0.3) is 0 Å². The molecule has 23 heavy (non-hydrogen) atoms. The van der Waals surface area contributed by atoms with Crippen molar-refractivity contribution in [2.75, 3.05) is 20.3 Å². The molecule has 0 saturated heterocycles. The summed E-state index contributed by atoms with van der Waals surface area (Å²) in [5.74, 6) is -0.502. The molecule has 6 heteroatoms. The summed E-state index contributed by atoms with van der Waals surface area (Å²) >= 11 is 0. The molecule has 1 heterocycles. The fraction of sp³-hybridized carbons (Fsp3) is 0.412. The highest BCUT2D eigenvalue weighted by molar-refractivity contribution is 5.93. The van der Waals surface area contributed by atoms with Crippen molar-refractivity contribution in [3.8, 4) is 0 Å². The highest BCUT2D eigenvalue weighted by atomic mass is 19.1. The number of rotatable bonds is 7. The van der Waals surface area contributed by atoms with Crippen LogP contribution >= 0.6 is 0 Å². The molecule has 0 fully saturated rings. The van der Waals surface area contributed by atoms with E-state index in [1.165, 1.54) is 6.07 Å². The Morgan fingerprint density at radius 1 is 1.39 bits per heavy atom. The molecule has 0 radical (unpaired) electrons. The van der Waals surface area contributed by atoms with Gasteiger partial charge >= 0.3 is 0 Å². The first-order valence-electron chi connectivity index (χ1n) is 7.58. The summed E-state index contributed by atoms with van der Waals surface area (Å²) in [5.41, 5.74) is 0.972. The number of ether oxygens (including phenoxy) is 1. The SMILES string of the molecule is COCCN(Cc1ccccc1F)C(=O)c1cnn(C(C)C)c1. The second-order valence-electron chi connectivity index (χ2n) is 5.61. The molecule has 124 valence electrons. The van der Waals surface area contributed by atoms with E-state index >= 15 is 0 Å². The normalized spacial score (nSPS) is 11.0. The fourth-order valence-corrected chi connectivity index (χ4v) is 2.20. The average Bonchev–Trinajstić information content (AvgIpc) is 3.02. The van der Waals surface area contributed by atoms with Crippen LogP contribution < -0.4 is 0 Å². The standard InChI is InChI=1S/C17H22FN3O2/c1-13(2)21-12-15(10-19-21)17(22)20(8-9-23-3)11-14-6-4-5-7-16(14)18/h4-7,10,12-13H,8-9,11H2,1-3H3. The van der Waals surface area contributed by atoms with Crippen LogP contribution in [-0.2, 0) is 11.3 Å². The van der Waals surface area contributed by atoms with Gasteiger partial charge in [-0.15, -0.1) is 0 Å². The van der Waals surface area contributed by atoms with Gasteiger partial charge in [-0.25, -0.2) is 4.39 Å². The highest BCUT2D eigenvalue weighted by Crippen LogP contribution is 2.14. The Labute approximate surface area is 135 Å². The number of hydrogen-bond acceptors (Lipinski definition) is 3. The van der Waals surface area contributed by atoms with Crippen molar-refractivity contribution in [2.24, 2.45) is 0 Å². The topological polar surface area (TPSA) is 47.4 Å². The van der Waals surface area contributed by atoms with Gasteiger partial charge in [0.05, 0.1) is 18.4 Å². The van der Waals surface area contributed by atoms with Crippen molar-refractivity contribution in [3.63, 3.8) is 0 Å². The van der Waals surface area contributed by atoms with Gasteiger partial charge in [0, 0.05) is 38.0 Å². The van der Waals surface area contributed by atoms with E-state index in [4.69, 9.17) is 4.74 Å². The van der Waals surface area contributed by atoms with E-state index in [2.05, 4.69) is 5.10 Å². The molecule has 0 unspecified atom stereocenters. The van der Waals surface area contributed by atoms with Crippen LogP contribution in [0.3, 0.4) is 0 Å². The van der Waals surface area contributed by atoms with E-state index < -0.39 is 0 Å². The van der Waals surface area contributed by atoms with E-state index in [9.17, 15) is 9.18 Å². The van der Waals surface area contributed by atoms with Crippen molar-refractivity contribution in [1.82, 2.24) is 14.7 Å². The Morgan fingerprint density at radius 2 is 2.13 bits per heavy atom. The molecular weight excluding hydrogens is 297 g/mol. The van der Waals surface area contributed by atoms with Crippen LogP contribution in [0.15, 0.2) is 36.7 Å². The Morgan fingerprint density at radius 3 is 2.74 bits per heavy atom. The molecule has 0 bridgehead atoms. The maximum absolute atomic E-state index is 13.9. The molecule has 0 atom stereocenters. The van der Waals surface area contributed by atoms with E-state index in [1.807, 2.05) is 13.8 Å². The van der Waals surface area contributed by atoms with Gasteiger partial charge < -0.3 is 9.64 Å². The number of benzene rings is 1. The first kappa shape index (κ1) is 17.1. The van der Waals surface area contributed by atoms with E-state index in [0.717, 1.165) is 0 Å². The van der Waals surface area contributed by atoms with Crippen LogP contribution in [-0.4, -0.2) is 40.8 Å². The minimum atomic E-state index is -0.319. The molecule has 5 nitrogen and oxygen atoms in total. The van der Waals surface area contributed by atoms with Crippen molar-refractivity contribution in [3.05, 3.63) is 53.6 Å². The number of nitrogens with zero attached hydrogens (tertiary/aromatic N) is 3.